The molecule has 0 bridgehead atoms. The Bertz CT molecular complexity index is 1960. The largest absolute Gasteiger partial charge is 0.472 e. The van der Waals surface area contributed by atoms with E-state index in [0.717, 1.165) is 108 Å². The molecule has 0 aliphatic heterocycles. The Balaban J connectivity index is 5.27. The highest BCUT2D eigenvalue weighted by Crippen LogP contribution is 2.45. The van der Waals surface area contributed by atoms with Crippen molar-refractivity contribution in [2.75, 3.05) is 39.6 Å². The Hall–Kier alpha value is -1.94. The fourth-order valence-corrected chi connectivity index (χ4v) is 14.2. The molecule has 0 aromatic carbocycles. The van der Waals surface area contributed by atoms with Crippen molar-refractivity contribution in [3.8, 4) is 0 Å². The first-order valence-corrected chi connectivity index (χ1v) is 45.4. The molecule has 0 saturated carbocycles. The molecule has 3 N–H and O–H groups in total. The van der Waals surface area contributed by atoms with Gasteiger partial charge in [0.2, 0.25) is 0 Å². The first-order valence-electron chi connectivity index (χ1n) is 42.4. The average molecular weight is 1480 g/mol. The van der Waals surface area contributed by atoms with Gasteiger partial charge in [-0.25, -0.2) is 9.13 Å². The van der Waals surface area contributed by atoms with Crippen LogP contribution in [0.1, 0.15) is 427 Å². The quantitative estimate of drug-likeness (QED) is 0.0222. The van der Waals surface area contributed by atoms with E-state index in [-0.39, 0.29) is 25.7 Å². The van der Waals surface area contributed by atoms with Crippen LogP contribution in [0.15, 0.2) is 0 Å². The second-order valence-corrected chi connectivity index (χ2v) is 33.4. The molecule has 0 aliphatic carbocycles. The van der Waals surface area contributed by atoms with E-state index in [9.17, 15) is 43.2 Å². The first-order chi connectivity index (χ1) is 48.8. The number of aliphatic hydroxyl groups excluding tert-OH is 1. The van der Waals surface area contributed by atoms with Gasteiger partial charge in [-0.3, -0.25) is 37.3 Å². The van der Waals surface area contributed by atoms with Gasteiger partial charge in [0.1, 0.15) is 19.3 Å². The van der Waals surface area contributed by atoms with E-state index in [1.54, 1.807) is 0 Å². The summed E-state index contributed by atoms with van der Waals surface area (Å²) < 4.78 is 68.8. The third kappa shape index (κ3) is 73.4. The third-order valence-electron chi connectivity index (χ3n) is 19.9. The van der Waals surface area contributed by atoms with E-state index in [4.69, 9.17) is 37.0 Å². The Morgan fingerprint density at radius 2 is 0.505 bits per heavy atom. The molecule has 0 heterocycles. The molecule has 0 amide bonds. The zero-order valence-electron chi connectivity index (χ0n) is 66.4. The maximum atomic E-state index is 13.1. The van der Waals surface area contributed by atoms with Crippen LogP contribution in [-0.4, -0.2) is 96.7 Å². The molecule has 0 aromatic rings. The van der Waals surface area contributed by atoms with E-state index in [1.807, 2.05) is 0 Å². The average Bonchev–Trinajstić information content (AvgIpc) is 1.03. The van der Waals surface area contributed by atoms with Crippen LogP contribution in [0.2, 0.25) is 0 Å². The fourth-order valence-electron chi connectivity index (χ4n) is 12.6. The monoisotopic (exact) mass is 1480 g/mol. The summed E-state index contributed by atoms with van der Waals surface area (Å²) in [6.45, 7) is 12.0. The highest BCUT2D eigenvalue weighted by atomic mass is 31.2. The van der Waals surface area contributed by atoms with Crippen LogP contribution in [0.5, 0.6) is 0 Å². The smallest absolute Gasteiger partial charge is 0.462 e. The van der Waals surface area contributed by atoms with Crippen molar-refractivity contribution >= 4 is 39.5 Å². The normalized spacial score (nSPS) is 14.5. The zero-order valence-corrected chi connectivity index (χ0v) is 68.2. The molecule has 17 nitrogen and oxygen atoms in total. The maximum absolute atomic E-state index is 13.1. The van der Waals surface area contributed by atoms with Crippen molar-refractivity contribution in [3.63, 3.8) is 0 Å². The van der Waals surface area contributed by atoms with Gasteiger partial charge in [-0.05, 0) is 43.4 Å². The van der Waals surface area contributed by atoms with Gasteiger partial charge in [0.25, 0.3) is 0 Å². The fraction of sp³-hybridized carbons (Fsp3) is 0.951. The molecule has 0 aliphatic rings. The van der Waals surface area contributed by atoms with Crippen molar-refractivity contribution < 1.29 is 80.2 Å². The molecular weight excluding hydrogens is 1320 g/mol. The molecule has 0 saturated heterocycles. The summed E-state index contributed by atoms with van der Waals surface area (Å²) in [6, 6.07) is 0. The second kappa shape index (κ2) is 72.3. The molecule has 0 fully saturated rings. The van der Waals surface area contributed by atoms with Crippen LogP contribution in [0.25, 0.3) is 0 Å². The van der Waals surface area contributed by atoms with Gasteiger partial charge in [-0.1, -0.05) is 376 Å². The number of ether oxygens (including phenoxy) is 4. The number of esters is 4. The van der Waals surface area contributed by atoms with Crippen molar-refractivity contribution in [3.05, 3.63) is 0 Å². The zero-order chi connectivity index (χ0) is 74.4. The van der Waals surface area contributed by atoms with Gasteiger partial charge in [-0.15, -0.1) is 0 Å². The van der Waals surface area contributed by atoms with Crippen LogP contribution in [0.4, 0.5) is 0 Å². The van der Waals surface area contributed by atoms with Gasteiger partial charge in [-0.2, -0.15) is 0 Å². The number of hydrogen-bond acceptors (Lipinski definition) is 15. The number of phosphoric acid groups is 2. The van der Waals surface area contributed by atoms with E-state index >= 15 is 0 Å². The summed E-state index contributed by atoms with van der Waals surface area (Å²) in [5.41, 5.74) is 0. The second-order valence-electron chi connectivity index (χ2n) is 30.5. The molecule has 0 aromatic heterocycles. The van der Waals surface area contributed by atoms with Gasteiger partial charge in [0, 0.05) is 25.7 Å². The molecule has 0 spiro atoms. The van der Waals surface area contributed by atoms with Crippen molar-refractivity contribution in [1.29, 1.82) is 0 Å². The van der Waals surface area contributed by atoms with Gasteiger partial charge < -0.3 is 33.8 Å². The lowest BCUT2D eigenvalue weighted by atomic mass is 9.99. The summed E-state index contributed by atoms with van der Waals surface area (Å²) in [5.74, 6) is 0.280. The Kier molecular flexibility index (Phi) is 70.9. The Labute approximate surface area is 619 Å². The first kappa shape index (κ1) is 99.1. The number of aliphatic hydroxyl groups is 1. The Morgan fingerprint density at radius 3 is 0.752 bits per heavy atom. The number of hydrogen-bond donors (Lipinski definition) is 3. The van der Waals surface area contributed by atoms with Crippen LogP contribution in [-0.2, 0) is 65.4 Å². The molecule has 4 unspecified atom stereocenters. The lowest BCUT2D eigenvalue weighted by Gasteiger charge is -2.21. The molecular formula is C82H160O17P2. The number of carbonyl (C=O) groups excluding carboxylic acids is 4. The summed E-state index contributed by atoms with van der Waals surface area (Å²) in [6.07, 6.45) is 60.9. The van der Waals surface area contributed by atoms with Crippen LogP contribution >= 0.6 is 15.6 Å². The topological polar surface area (TPSA) is 237 Å². The third-order valence-corrected chi connectivity index (χ3v) is 21.8. The predicted octanol–water partition coefficient (Wildman–Crippen LogP) is 24.5. The highest BCUT2D eigenvalue weighted by Gasteiger charge is 2.30. The summed E-state index contributed by atoms with van der Waals surface area (Å²) in [7, 11) is -9.92. The Morgan fingerprint density at radius 1 is 0.287 bits per heavy atom. The predicted molar refractivity (Wildman–Crippen MR) is 414 cm³/mol. The van der Waals surface area contributed by atoms with Crippen LogP contribution < -0.4 is 0 Å². The minimum Gasteiger partial charge on any atom is -0.462 e. The summed E-state index contributed by atoms with van der Waals surface area (Å²) in [4.78, 5) is 73.1. The van der Waals surface area contributed by atoms with E-state index in [1.165, 1.54) is 238 Å². The van der Waals surface area contributed by atoms with Crippen LogP contribution in [0, 0.1) is 17.8 Å². The molecule has 600 valence electrons. The van der Waals surface area contributed by atoms with Gasteiger partial charge >= 0.3 is 39.5 Å². The van der Waals surface area contributed by atoms with Crippen molar-refractivity contribution in [2.24, 2.45) is 17.8 Å². The minimum atomic E-state index is -4.96. The van der Waals surface area contributed by atoms with Gasteiger partial charge in [0.05, 0.1) is 26.4 Å². The van der Waals surface area contributed by atoms with Crippen molar-refractivity contribution in [1.82, 2.24) is 0 Å². The number of rotatable bonds is 80. The van der Waals surface area contributed by atoms with E-state index in [0.29, 0.717) is 25.7 Å². The standard InChI is InChI=1S/C82H160O17P2/c1-8-11-12-13-14-15-16-17-18-19-20-24-29-34-42-49-56-63-79(84)92-69-77(98-81(86)65-58-51-44-35-30-25-22-21-23-28-33-40-47-54-61-74(6)9-2)71-96-100(88,89)94-67-76(83)68-95-101(90,91)97-72-78(70-93-80(85)64-57-50-43-38-37-41-48-55-62-75(7)10-3)99-82(87)66-59-52-45-36-31-26-27-32-39-46-53-60-73(4)5/h73-78,83H,8-72H2,1-7H3,(H,88,89)(H,90,91)/t74?,75?,76-,77-,78-/m1/s1. The molecule has 101 heavy (non-hydrogen) atoms. The summed E-state index contributed by atoms with van der Waals surface area (Å²) >= 11 is 0. The summed E-state index contributed by atoms with van der Waals surface area (Å²) in [5, 5.41) is 10.7. The minimum absolute atomic E-state index is 0.106. The maximum Gasteiger partial charge on any atom is 0.472 e. The van der Waals surface area contributed by atoms with Gasteiger partial charge in [0.15, 0.2) is 12.2 Å². The number of carbonyl (C=O) groups is 4. The van der Waals surface area contributed by atoms with E-state index < -0.39 is 97.5 Å². The molecule has 0 radical (unpaired) electrons. The SMILES string of the molecule is CCCCCCCCCCCCCCCCCCCC(=O)OC[C@H](COP(=O)(O)OC[C@@H](O)COP(=O)(O)OC[C@@H](COC(=O)CCCCCCCCCCC(C)CC)OC(=O)CCCCCCCCCCCCCC(C)C)OC(=O)CCCCCCCCCCCCCCCCC(C)CC. The number of phosphoric ester groups is 2. The lowest BCUT2D eigenvalue weighted by molar-refractivity contribution is -0.161. The van der Waals surface area contributed by atoms with E-state index in [2.05, 4.69) is 48.5 Å². The lowest BCUT2D eigenvalue weighted by Crippen LogP contribution is -2.30. The molecule has 0 rings (SSSR count). The number of unbranched alkanes of at least 4 members (excludes halogenated alkanes) is 46. The molecule has 19 heteroatoms. The highest BCUT2D eigenvalue weighted by molar-refractivity contribution is 7.47. The van der Waals surface area contributed by atoms with Crippen molar-refractivity contribution in [2.45, 2.75) is 446 Å². The molecule has 7 atom stereocenters. The van der Waals surface area contributed by atoms with Crippen LogP contribution in [0.3, 0.4) is 0 Å².